The van der Waals surface area contributed by atoms with Crippen molar-refractivity contribution < 1.29 is 14.7 Å². The highest BCUT2D eigenvalue weighted by molar-refractivity contribution is 5.78. The predicted octanol–water partition coefficient (Wildman–Crippen LogP) is 4.77. The molecule has 4 aliphatic rings. The SMILES string of the molecule is C[C@]12NC(=O)CC3C(CC[C@@H]4CCCC[C@]34C)C1CCC2CCCC(=O)O. The summed E-state index contributed by atoms with van der Waals surface area (Å²) in [6.45, 7) is 4.79. The van der Waals surface area contributed by atoms with Crippen LogP contribution in [-0.4, -0.2) is 22.5 Å². The highest BCUT2D eigenvalue weighted by atomic mass is 16.4. The Labute approximate surface area is 163 Å². The van der Waals surface area contributed by atoms with Gasteiger partial charge in [0.1, 0.15) is 0 Å². The van der Waals surface area contributed by atoms with Crippen LogP contribution >= 0.6 is 0 Å². The number of nitrogens with one attached hydrogen (secondary N) is 1. The Hall–Kier alpha value is -1.06. The van der Waals surface area contributed by atoms with Crippen molar-refractivity contribution in [1.29, 1.82) is 0 Å². The van der Waals surface area contributed by atoms with E-state index in [1.807, 2.05) is 0 Å². The number of carboxylic acids is 1. The highest BCUT2D eigenvalue weighted by Crippen LogP contribution is 2.62. The lowest BCUT2D eigenvalue weighted by atomic mass is 9.49. The zero-order chi connectivity index (χ0) is 19.2. The second kappa shape index (κ2) is 7.08. The van der Waals surface area contributed by atoms with E-state index in [1.165, 1.54) is 44.9 Å². The fraction of sp³-hybridized carbons (Fsp3) is 0.913. The third kappa shape index (κ3) is 3.21. The second-order valence-corrected chi connectivity index (χ2v) is 10.5. The zero-order valence-electron chi connectivity index (χ0n) is 17.1. The maximum atomic E-state index is 13.0. The monoisotopic (exact) mass is 375 g/mol. The molecule has 0 aromatic heterocycles. The van der Waals surface area contributed by atoms with Gasteiger partial charge in [0.25, 0.3) is 0 Å². The van der Waals surface area contributed by atoms with Gasteiger partial charge in [0.15, 0.2) is 0 Å². The Morgan fingerprint density at radius 2 is 1.93 bits per heavy atom. The van der Waals surface area contributed by atoms with Crippen molar-refractivity contribution in [1.82, 2.24) is 5.32 Å². The normalized spacial score (nSPS) is 46.6. The minimum atomic E-state index is -0.705. The summed E-state index contributed by atoms with van der Waals surface area (Å²) in [5.41, 5.74) is 0.220. The van der Waals surface area contributed by atoms with Gasteiger partial charge in [0, 0.05) is 18.4 Å². The topological polar surface area (TPSA) is 66.4 Å². The fourth-order valence-electron chi connectivity index (χ4n) is 7.97. The van der Waals surface area contributed by atoms with E-state index in [0.717, 1.165) is 25.2 Å². The molecule has 152 valence electrons. The zero-order valence-corrected chi connectivity index (χ0v) is 17.1. The van der Waals surface area contributed by atoms with Crippen molar-refractivity contribution in [3.05, 3.63) is 0 Å². The van der Waals surface area contributed by atoms with E-state index in [1.54, 1.807) is 0 Å². The van der Waals surface area contributed by atoms with Crippen LogP contribution in [0.25, 0.3) is 0 Å². The van der Waals surface area contributed by atoms with Gasteiger partial charge in [-0.25, -0.2) is 0 Å². The van der Waals surface area contributed by atoms with Gasteiger partial charge in [-0.05, 0) is 93.3 Å². The van der Waals surface area contributed by atoms with Gasteiger partial charge >= 0.3 is 5.97 Å². The fourth-order valence-corrected chi connectivity index (χ4v) is 7.97. The minimum absolute atomic E-state index is 0.132. The molecule has 0 radical (unpaired) electrons. The summed E-state index contributed by atoms with van der Waals surface area (Å²) < 4.78 is 0. The van der Waals surface area contributed by atoms with Gasteiger partial charge < -0.3 is 10.4 Å². The van der Waals surface area contributed by atoms with Crippen molar-refractivity contribution in [3.63, 3.8) is 0 Å². The molecule has 4 fully saturated rings. The van der Waals surface area contributed by atoms with E-state index in [2.05, 4.69) is 19.2 Å². The largest absolute Gasteiger partial charge is 0.481 e. The van der Waals surface area contributed by atoms with E-state index < -0.39 is 5.97 Å². The number of carbonyl (C=O) groups excluding carboxylic acids is 1. The Bertz CT molecular complexity index is 604. The van der Waals surface area contributed by atoms with Crippen LogP contribution in [0, 0.1) is 35.0 Å². The van der Waals surface area contributed by atoms with E-state index in [-0.39, 0.29) is 17.9 Å². The number of carbonyl (C=O) groups is 2. The standard InChI is InChI=1S/C23H37NO3/c1-22-13-4-3-6-15(22)9-11-17-18-12-10-16(7-5-8-21(26)27)23(18,2)24-20(25)14-19(17)22/h15-19H,3-14H2,1-2H3,(H,24,25)(H,26,27)/t15-,16?,17?,18?,19?,22-,23+/m0/s1. The van der Waals surface area contributed by atoms with Gasteiger partial charge in [0.05, 0.1) is 0 Å². The molecule has 0 spiro atoms. The number of fused-ring (bicyclic) bond motifs is 5. The molecule has 0 bridgehead atoms. The first-order valence-electron chi connectivity index (χ1n) is 11.4. The number of hydrogen-bond donors (Lipinski definition) is 2. The van der Waals surface area contributed by atoms with E-state index in [9.17, 15) is 9.59 Å². The van der Waals surface area contributed by atoms with Gasteiger partial charge in [-0.2, -0.15) is 0 Å². The van der Waals surface area contributed by atoms with E-state index in [0.29, 0.717) is 35.5 Å². The second-order valence-electron chi connectivity index (χ2n) is 10.5. The van der Waals surface area contributed by atoms with Crippen LogP contribution in [0.5, 0.6) is 0 Å². The number of amides is 1. The lowest BCUT2D eigenvalue weighted by Crippen LogP contribution is -2.54. The number of carboxylic acid groups (broad SMARTS) is 1. The Kier molecular flexibility index (Phi) is 5.05. The number of aliphatic carboxylic acids is 1. The summed E-state index contributed by atoms with van der Waals surface area (Å²) in [5.74, 6) is 2.58. The van der Waals surface area contributed by atoms with Crippen LogP contribution in [0.3, 0.4) is 0 Å². The summed E-state index contributed by atoms with van der Waals surface area (Å²) in [7, 11) is 0. The molecule has 2 N–H and O–H groups in total. The summed E-state index contributed by atoms with van der Waals surface area (Å²) >= 11 is 0. The molecule has 1 amide bonds. The Morgan fingerprint density at radius 3 is 2.70 bits per heavy atom. The van der Waals surface area contributed by atoms with Crippen LogP contribution in [0.4, 0.5) is 0 Å². The van der Waals surface area contributed by atoms with E-state index >= 15 is 0 Å². The predicted molar refractivity (Wildman–Crippen MR) is 105 cm³/mol. The summed E-state index contributed by atoms with van der Waals surface area (Å²) in [6.07, 6.45) is 13.0. The first-order chi connectivity index (χ1) is 12.8. The Morgan fingerprint density at radius 1 is 1.11 bits per heavy atom. The quantitative estimate of drug-likeness (QED) is 0.744. The average Bonchev–Trinajstić information content (AvgIpc) is 2.85. The van der Waals surface area contributed by atoms with Gasteiger partial charge in [0.2, 0.25) is 5.91 Å². The van der Waals surface area contributed by atoms with Gasteiger partial charge in [-0.1, -0.05) is 19.8 Å². The molecule has 0 aromatic carbocycles. The Balaban J connectivity index is 1.58. The van der Waals surface area contributed by atoms with Crippen molar-refractivity contribution >= 4 is 11.9 Å². The first-order valence-corrected chi connectivity index (χ1v) is 11.4. The molecule has 4 rings (SSSR count). The first kappa shape index (κ1) is 19.3. The molecular weight excluding hydrogens is 338 g/mol. The van der Waals surface area contributed by atoms with Crippen LogP contribution < -0.4 is 5.32 Å². The smallest absolute Gasteiger partial charge is 0.303 e. The van der Waals surface area contributed by atoms with Crippen molar-refractivity contribution in [2.24, 2.45) is 35.0 Å². The third-order valence-corrected chi connectivity index (χ3v) is 9.38. The summed E-state index contributed by atoms with van der Waals surface area (Å²) in [5, 5.41) is 12.5. The van der Waals surface area contributed by atoms with Gasteiger partial charge in [-0.3, -0.25) is 9.59 Å². The molecule has 3 aliphatic carbocycles. The molecule has 1 saturated heterocycles. The molecule has 4 nitrogen and oxygen atoms in total. The van der Waals surface area contributed by atoms with Crippen molar-refractivity contribution in [2.45, 2.75) is 96.4 Å². The number of hydrogen-bond acceptors (Lipinski definition) is 2. The van der Waals surface area contributed by atoms with Crippen LogP contribution in [0.2, 0.25) is 0 Å². The highest BCUT2D eigenvalue weighted by Gasteiger charge is 2.59. The lowest BCUT2D eigenvalue weighted by molar-refractivity contribution is -0.137. The van der Waals surface area contributed by atoms with Crippen LogP contribution in [0.1, 0.15) is 90.9 Å². The van der Waals surface area contributed by atoms with Crippen molar-refractivity contribution in [3.8, 4) is 0 Å². The molecule has 4 heteroatoms. The summed E-state index contributed by atoms with van der Waals surface area (Å²) in [6, 6.07) is 0. The molecule has 0 aromatic rings. The lowest BCUT2D eigenvalue weighted by Gasteiger charge is -2.55. The minimum Gasteiger partial charge on any atom is -0.481 e. The molecular formula is C23H37NO3. The molecule has 7 atom stereocenters. The maximum Gasteiger partial charge on any atom is 0.303 e. The van der Waals surface area contributed by atoms with Gasteiger partial charge in [-0.15, -0.1) is 0 Å². The van der Waals surface area contributed by atoms with Crippen LogP contribution in [0.15, 0.2) is 0 Å². The van der Waals surface area contributed by atoms with E-state index in [4.69, 9.17) is 5.11 Å². The molecule has 1 aliphatic heterocycles. The average molecular weight is 376 g/mol. The molecule has 4 unspecified atom stereocenters. The third-order valence-electron chi connectivity index (χ3n) is 9.38. The van der Waals surface area contributed by atoms with Crippen molar-refractivity contribution in [2.75, 3.05) is 0 Å². The molecule has 27 heavy (non-hydrogen) atoms. The molecule has 1 heterocycles. The molecule has 3 saturated carbocycles. The summed E-state index contributed by atoms with van der Waals surface area (Å²) in [4.78, 5) is 24.0. The number of rotatable bonds is 4. The van der Waals surface area contributed by atoms with Crippen LogP contribution in [-0.2, 0) is 9.59 Å². The maximum absolute atomic E-state index is 13.0.